The standard InChI is InChI=1S/C12H22O11/c13-1-4-6(16)8(18)9(19)11(21-4)23-12(3-15)10(20)7(17)5(2-14)22-12/h4-11,13-20H,1-3H2/t4-,5+,6-,7+,8+,9-,10-,11-,12-/m1/s1. The second-order valence-corrected chi connectivity index (χ2v) is 5.56. The lowest BCUT2D eigenvalue weighted by Crippen LogP contribution is -2.62. The van der Waals surface area contributed by atoms with E-state index < -0.39 is 74.6 Å². The average molecular weight is 342 g/mol. The molecule has 2 saturated heterocycles. The number of aliphatic hydroxyl groups excluding tert-OH is 8. The average Bonchev–Trinajstić information content (AvgIpc) is 2.80. The van der Waals surface area contributed by atoms with Crippen LogP contribution in [0.5, 0.6) is 0 Å². The molecule has 2 aliphatic heterocycles. The zero-order chi connectivity index (χ0) is 17.4. The molecule has 0 radical (unpaired) electrons. The molecule has 0 aromatic heterocycles. The first-order valence-electron chi connectivity index (χ1n) is 7.05. The van der Waals surface area contributed by atoms with Crippen molar-refractivity contribution < 1.29 is 55.1 Å². The van der Waals surface area contributed by atoms with Crippen LogP contribution >= 0.6 is 0 Å². The molecule has 0 amide bonds. The molecule has 0 saturated carbocycles. The summed E-state index contributed by atoms with van der Waals surface area (Å²) >= 11 is 0. The van der Waals surface area contributed by atoms with Gasteiger partial charge in [-0.3, -0.25) is 0 Å². The molecule has 136 valence electrons. The molecular weight excluding hydrogens is 320 g/mol. The van der Waals surface area contributed by atoms with Crippen molar-refractivity contribution in [3.63, 3.8) is 0 Å². The van der Waals surface area contributed by atoms with E-state index in [1.54, 1.807) is 0 Å². The number of hydrogen-bond donors (Lipinski definition) is 8. The van der Waals surface area contributed by atoms with Gasteiger partial charge < -0.3 is 55.1 Å². The van der Waals surface area contributed by atoms with Crippen molar-refractivity contribution in [2.75, 3.05) is 19.8 Å². The third-order valence-corrected chi connectivity index (χ3v) is 4.07. The van der Waals surface area contributed by atoms with Gasteiger partial charge in [0.15, 0.2) is 6.29 Å². The molecule has 2 aliphatic rings. The Bertz CT molecular complexity index is 393. The second kappa shape index (κ2) is 7.21. The van der Waals surface area contributed by atoms with Crippen molar-refractivity contribution in [3.8, 4) is 0 Å². The normalized spacial score (nSPS) is 51.1. The Balaban J connectivity index is 2.18. The van der Waals surface area contributed by atoms with Gasteiger partial charge in [-0.15, -0.1) is 0 Å². The summed E-state index contributed by atoms with van der Waals surface area (Å²) in [7, 11) is 0. The van der Waals surface area contributed by atoms with E-state index in [9.17, 15) is 30.6 Å². The maximum absolute atomic E-state index is 10.00. The first-order valence-corrected chi connectivity index (χ1v) is 7.05. The van der Waals surface area contributed by atoms with Gasteiger partial charge in [-0.25, -0.2) is 0 Å². The highest BCUT2D eigenvalue weighted by molar-refractivity contribution is 4.98. The summed E-state index contributed by atoms with van der Waals surface area (Å²) in [6.07, 6.45) is -12.7. The minimum absolute atomic E-state index is 0.669. The third-order valence-electron chi connectivity index (χ3n) is 4.07. The summed E-state index contributed by atoms with van der Waals surface area (Å²) in [5.74, 6) is -2.22. The van der Waals surface area contributed by atoms with E-state index in [0.29, 0.717) is 0 Å². The molecule has 23 heavy (non-hydrogen) atoms. The van der Waals surface area contributed by atoms with E-state index in [1.165, 1.54) is 0 Å². The first-order chi connectivity index (χ1) is 10.8. The fourth-order valence-electron chi connectivity index (χ4n) is 2.63. The number of ether oxygens (including phenoxy) is 3. The van der Waals surface area contributed by atoms with Crippen molar-refractivity contribution in [2.24, 2.45) is 0 Å². The van der Waals surface area contributed by atoms with Crippen molar-refractivity contribution in [1.82, 2.24) is 0 Å². The summed E-state index contributed by atoms with van der Waals surface area (Å²) in [6, 6.07) is 0. The topological polar surface area (TPSA) is 190 Å². The van der Waals surface area contributed by atoms with Crippen LogP contribution in [-0.4, -0.2) is 115 Å². The molecule has 8 N–H and O–H groups in total. The van der Waals surface area contributed by atoms with Crippen LogP contribution in [0.1, 0.15) is 0 Å². The van der Waals surface area contributed by atoms with Crippen molar-refractivity contribution >= 4 is 0 Å². The molecule has 0 bridgehead atoms. The summed E-state index contributed by atoms with van der Waals surface area (Å²) in [4.78, 5) is 0. The lowest BCUT2D eigenvalue weighted by atomic mass is 9.99. The highest BCUT2D eigenvalue weighted by Crippen LogP contribution is 2.35. The van der Waals surface area contributed by atoms with Crippen LogP contribution in [-0.2, 0) is 14.2 Å². The van der Waals surface area contributed by atoms with Crippen LogP contribution in [0.3, 0.4) is 0 Å². The SMILES string of the molecule is OC[C@@H]1O[C@](CO)(O[C@H]2O[C@H](CO)[C@@H](O)[C@H](O)[C@H]2O)[C@H](O)[C@H]1O. The van der Waals surface area contributed by atoms with Gasteiger partial charge in [0.1, 0.15) is 49.3 Å². The number of rotatable bonds is 5. The molecule has 9 atom stereocenters. The van der Waals surface area contributed by atoms with Crippen LogP contribution in [0, 0.1) is 0 Å². The predicted octanol–water partition coefficient (Wildman–Crippen LogP) is -5.40. The van der Waals surface area contributed by atoms with Crippen molar-refractivity contribution in [3.05, 3.63) is 0 Å². The zero-order valence-corrected chi connectivity index (χ0v) is 12.0. The number of hydrogen-bond acceptors (Lipinski definition) is 11. The molecule has 0 aliphatic carbocycles. The Labute approximate surface area is 130 Å². The Morgan fingerprint density at radius 3 is 1.87 bits per heavy atom. The molecule has 2 heterocycles. The molecule has 0 spiro atoms. The molecule has 0 aromatic rings. The van der Waals surface area contributed by atoms with E-state index in [-0.39, 0.29) is 0 Å². The first kappa shape index (κ1) is 18.9. The maximum Gasteiger partial charge on any atom is 0.224 e. The summed E-state index contributed by atoms with van der Waals surface area (Å²) in [5.41, 5.74) is 0. The van der Waals surface area contributed by atoms with Crippen molar-refractivity contribution in [1.29, 1.82) is 0 Å². The molecule has 2 fully saturated rings. The molecule has 2 rings (SSSR count). The van der Waals surface area contributed by atoms with Crippen molar-refractivity contribution in [2.45, 2.75) is 54.8 Å². The highest BCUT2D eigenvalue weighted by Gasteiger charge is 2.58. The monoisotopic (exact) mass is 342 g/mol. The van der Waals surface area contributed by atoms with Crippen LogP contribution in [0.25, 0.3) is 0 Å². The molecule has 11 nitrogen and oxygen atoms in total. The fourth-order valence-corrected chi connectivity index (χ4v) is 2.63. The van der Waals surface area contributed by atoms with Crippen LogP contribution in [0.4, 0.5) is 0 Å². The minimum Gasteiger partial charge on any atom is -0.394 e. The molecule has 0 unspecified atom stereocenters. The van der Waals surface area contributed by atoms with E-state index in [1.807, 2.05) is 0 Å². The van der Waals surface area contributed by atoms with Crippen LogP contribution in [0.15, 0.2) is 0 Å². The Hall–Kier alpha value is -0.440. The summed E-state index contributed by atoms with van der Waals surface area (Å²) in [6.45, 7) is -2.32. The minimum atomic E-state index is -2.22. The van der Waals surface area contributed by atoms with E-state index >= 15 is 0 Å². The molecule has 0 aromatic carbocycles. The smallest absolute Gasteiger partial charge is 0.224 e. The van der Waals surface area contributed by atoms with Crippen LogP contribution < -0.4 is 0 Å². The Morgan fingerprint density at radius 1 is 0.783 bits per heavy atom. The largest absolute Gasteiger partial charge is 0.394 e. The quantitative estimate of drug-likeness (QED) is 0.238. The van der Waals surface area contributed by atoms with Gasteiger partial charge in [-0.1, -0.05) is 0 Å². The van der Waals surface area contributed by atoms with E-state index in [0.717, 1.165) is 0 Å². The van der Waals surface area contributed by atoms with Crippen LogP contribution in [0.2, 0.25) is 0 Å². The van der Waals surface area contributed by atoms with E-state index in [2.05, 4.69) is 0 Å². The van der Waals surface area contributed by atoms with Gasteiger partial charge in [-0.05, 0) is 0 Å². The number of aliphatic hydroxyl groups is 8. The van der Waals surface area contributed by atoms with E-state index in [4.69, 9.17) is 24.4 Å². The fraction of sp³-hybridized carbons (Fsp3) is 1.00. The zero-order valence-electron chi connectivity index (χ0n) is 12.0. The summed E-state index contributed by atoms with van der Waals surface area (Å²) in [5, 5.41) is 76.7. The molecular formula is C12H22O11. The van der Waals surface area contributed by atoms with Gasteiger partial charge in [-0.2, -0.15) is 0 Å². The second-order valence-electron chi connectivity index (χ2n) is 5.56. The maximum atomic E-state index is 10.00. The van der Waals surface area contributed by atoms with Gasteiger partial charge in [0.2, 0.25) is 5.79 Å². The van der Waals surface area contributed by atoms with Gasteiger partial charge >= 0.3 is 0 Å². The lowest BCUT2D eigenvalue weighted by molar-refractivity contribution is -0.383. The Morgan fingerprint density at radius 2 is 1.39 bits per heavy atom. The van der Waals surface area contributed by atoms with Gasteiger partial charge in [0.25, 0.3) is 0 Å². The van der Waals surface area contributed by atoms with Gasteiger partial charge in [0.05, 0.1) is 13.2 Å². The summed E-state index contributed by atoms with van der Waals surface area (Å²) < 4.78 is 15.4. The molecule has 11 heteroatoms. The van der Waals surface area contributed by atoms with Gasteiger partial charge in [0, 0.05) is 0 Å². The highest BCUT2D eigenvalue weighted by atomic mass is 16.8. The Kier molecular flexibility index (Phi) is 5.92. The predicted molar refractivity (Wildman–Crippen MR) is 68.6 cm³/mol. The third kappa shape index (κ3) is 3.23. The lowest BCUT2D eigenvalue weighted by Gasteiger charge is -2.43.